The Hall–Kier alpha value is -0.603. The van der Waals surface area contributed by atoms with Crippen molar-refractivity contribution in [2.75, 3.05) is 0 Å². The van der Waals surface area contributed by atoms with E-state index in [1.165, 1.54) is 0 Å². The lowest BCUT2D eigenvalue weighted by Gasteiger charge is -2.13. The molecule has 0 radical (unpaired) electrons. The summed E-state index contributed by atoms with van der Waals surface area (Å²) in [5.41, 5.74) is -2.40. The molecule has 0 bridgehead atoms. The molecule has 0 aliphatic heterocycles. The Morgan fingerprint density at radius 2 is 1.67 bits per heavy atom. The Balaban J connectivity index is 2.86. The van der Waals surface area contributed by atoms with Gasteiger partial charge in [0.25, 0.3) is 0 Å². The molecule has 0 aromatic heterocycles. The van der Waals surface area contributed by atoms with Gasteiger partial charge in [-0.3, -0.25) is 0 Å². The summed E-state index contributed by atoms with van der Waals surface area (Å²) in [7, 11) is -7.38. The molecule has 0 saturated heterocycles. The highest BCUT2D eigenvalue weighted by Gasteiger charge is 2.47. The molecule has 18 heavy (non-hydrogen) atoms. The molecule has 1 aliphatic rings. The van der Waals surface area contributed by atoms with Gasteiger partial charge in [0.05, 0.1) is 0 Å². The first-order chi connectivity index (χ1) is 7.99. The van der Waals surface area contributed by atoms with Gasteiger partial charge in [-0.2, -0.15) is 21.6 Å². The highest BCUT2D eigenvalue weighted by Crippen LogP contribution is 2.36. The summed E-state index contributed by atoms with van der Waals surface area (Å²) in [5, 5.41) is 0.720. The van der Waals surface area contributed by atoms with Crippen LogP contribution in [0.1, 0.15) is 27.7 Å². The maximum Gasteiger partial charge on any atom is 0.522 e. The van der Waals surface area contributed by atoms with Crippen LogP contribution in [0.3, 0.4) is 0 Å². The first-order valence-corrected chi connectivity index (χ1v) is 8.01. The molecule has 3 nitrogen and oxygen atoms in total. The van der Waals surface area contributed by atoms with Crippen LogP contribution in [0.15, 0.2) is 21.9 Å². The zero-order valence-electron chi connectivity index (χ0n) is 10.6. The second-order valence-corrected chi connectivity index (χ2v) is 7.71. The van der Waals surface area contributed by atoms with Crippen LogP contribution in [0.4, 0.5) is 13.2 Å². The van der Waals surface area contributed by atoms with Crippen LogP contribution in [0.5, 0.6) is 0 Å². The highest BCUT2D eigenvalue weighted by atomic mass is 32.2. The highest BCUT2D eigenvalue weighted by molar-refractivity contribution is 7.88. The number of alkyl halides is 3. The van der Waals surface area contributed by atoms with Gasteiger partial charge in [0.15, 0.2) is 0 Å². The maximum absolute atomic E-state index is 12.1. The van der Waals surface area contributed by atoms with Crippen LogP contribution in [0, 0.1) is 5.92 Å². The molecule has 1 aliphatic carbocycles. The molecule has 1 unspecified atom stereocenters. The number of halogens is 3. The Morgan fingerprint density at radius 1 is 1.17 bits per heavy atom. The fraction of sp³-hybridized carbons (Fsp3) is 0.600. The first kappa shape index (κ1) is 15.5. The predicted molar refractivity (Wildman–Crippen MR) is 64.8 cm³/mol. The van der Waals surface area contributed by atoms with Gasteiger partial charge in [0, 0.05) is 0 Å². The number of rotatable bonds is 3. The third-order valence-corrected chi connectivity index (χ3v) is 7.19. The number of allylic oxidation sites excluding steroid dienone is 4. The van der Waals surface area contributed by atoms with Gasteiger partial charge in [-0.25, -0.2) is 0 Å². The predicted octanol–water partition coefficient (Wildman–Crippen LogP) is 2.20. The summed E-state index contributed by atoms with van der Waals surface area (Å²) in [6, 6.07) is 0. The zero-order valence-corrected chi connectivity index (χ0v) is 12.8. The van der Waals surface area contributed by atoms with Gasteiger partial charge in [0.1, 0.15) is 0 Å². The fourth-order valence-electron chi connectivity index (χ4n) is 1.89. The molecular weight excluding hydrogens is 285 g/mol. The summed E-state index contributed by atoms with van der Waals surface area (Å²) >= 11 is 0. The van der Waals surface area contributed by atoms with E-state index in [2.05, 4.69) is 3.87 Å². The van der Waals surface area contributed by atoms with Crippen molar-refractivity contribution in [3.05, 3.63) is 21.9 Å². The van der Waals surface area contributed by atoms with Crippen LogP contribution in [0.25, 0.3) is 0 Å². The maximum atomic E-state index is 12.1. The topological polar surface area (TPSA) is 43.4 Å². The standard InChI is InChI=1S/C10H15F3O3SSi/c1-5-6(2)8(4)9(7(5)3)18-16-17(14,15)10(11,12)13/h7H,18H2,1-4H3. The average Bonchev–Trinajstić information content (AvgIpc) is 2.40. The molecule has 0 N–H and O–H groups in total. The molecule has 0 amide bonds. The van der Waals surface area contributed by atoms with Crippen LogP contribution in [-0.4, -0.2) is 23.7 Å². The van der Waals surface area contributed by atoms with Gasteiger partial charge in [-0.15, -0.1) is 0 Å². The molecule has 0 aromatic rings. The van der Waals surface area contributed by atoms with Crippen LogP contribution in [-0.2, 0) is 14.0 Å². The summed E-state index contributed by atoms with van der Waals surface area (Å²) in [6.07, 6.45) is 0. The number of hydrogen-bond acceptors (Lipinski definition) is 3. The van der Waals surface area contributed by atoms with Crippen molar-refractivity contribution in [2.24, 2.45) is 5.92 Å². The summed E-state index contributed by atoms with van der Waals surface area (Å²) < 4.78 is 62.3. The lowest BCUT2D eigenvalue weighted by atomic mass is 10.1. The fourth-order valence-corrected chi connectivity index (χ4v) is 4.59. The molecule has 0 heterocycles. The molecule has 1 atom stereocenters. The van der Waals surface area contributed by atoms with Gasteiger partial charge in [-0.1, -0.05) is 18.1 Å². The SMILES string of the molecule is CC1=C(C)C(C)C([SiH2]OS(=O)(=O)C(F)(F)F)=C1C. The van der Waals surface area contributed by atoms with Gasteiger partial charge >= 0.3 is 15.6 Å². The van der Waals surface area contributed by atoms with Crippen LogP contribution < -0.4 is 0 Å². The van der Waals surface area contributed by atoms with Crippen molar-refractivity contribution in [1.82, 2.24) is 0 Å². The second-order valence-electron chi connectivity index (χ2n) is 4.34. The van der Waals surface area contributed by atoms with Crippen molar-refractivity contribution in [3.8, 4) is 0 Å². The minimum absolute atomic E-state index is 0.0277. The van der Waals surface area contributed by atoms with Gasteiger partial charge in [-0.05, 0) is 37.5 Å². The summed E-state index contributed by atoms with van der Waals surface area (Å²) in [6.45, 7) is 7.40. The van der Waals surface area contributed by atoms with E-state index >= 15 is 0 Å². The third-order valence-electron chi connectivity index (χ3n) is 3.46. The van der Waals surface area contributed by atoms with Crippen molar-refractivity contribution >= 4 is 19.9 Å². The molecule has 8 heteroatoms. The van der Waals surface area contributed by atoms with Crippen LogP contribution in [0.2, 0.25) is 0 Å². The van der Waals surface area contributed by atoms with E-state index in [9.17, 15) is 21.6 Å². The quantitative estimate of drug-likeness (QED) is 0.593. The van der Waals surface area contributed by atoms with E-state index in [-0.39, 0.29) is 5.92 Å². The summed E-state index contributed by atoms with van der Waals surface area (Å²) in [4.78, 5) is 0. The first-order valence-electron chi connectivity index (χ1n) is 5.32. The van der Waals surface area contributed by atoms with E-state index in [1.54, 1.807) is 6.92 Å². The van der Waals surface area contributed by atoms with Crippen molar-refractivity contribution in [3.63, 3.8) is 0 Å². The zero-order chi connectivity index (χ0) is 14.3. The van der Waals surface area contributed by atoms with Gasteiger partial charge < -0.3 is 3.87 Å². The lowest BCUT2D eigenvalue weighted by molar-refractivity contribution is -0.0499. The molecule has 1 rings (SSSR count). The largest absolute Gasteiger partial charge is 0.522 e. The third kappa shape index (κ3) is 2.70. The smallest absolute Gasteiger partial charge is 0.311 e. The summed E-state index contributed by atoms with van der Waals surface area (Å²) in [5.74, 6) is -0.0277. The second kappa shape index (κ2) is 4.82. The Labute approximate surface area is 107 Å². The minimum Gasteiger partial charge on any atom is -0.311 e. The Morgan fingerprint density at radius 3 is 2.00 bits per heavy atom. The number of hydrogen-bond donors (Lipinski definition) is 0. The van der Waals surface area contributed by atoms with E-state index < -0.39 is 25.4 Å². The molecule has 0 aromatic carbocycles. The average molecular weight is 300 g/mol. The van der Waals surface area contributed by atoms with Crippen molar-refractivity contribution in [2.45, 2.75) is 33.2 Å². The normalized spacial score (nSPS) is 22.7. The molecule has 0 spiro atoms. The Bertz CT molecular complexity index is 517. The lowest BCUT2D eigenvalue weighted by Crippen LogP contribution is -2.28. The van der Waals surface area contributed by atoms with Gasteiger partial charge in [0.2, 0.25) is 9.76 Å². The van der Waals surface area contributed by atoms with E-state index in [1.807, 2.05) is 20.8 Å². The van der Waals surface area contributed by atoms with E-state index in [0.717, 1.165) is 21.9 Å². The van der Waals surface area contributed by atoms with E-state index in [4.69, 9.17) is 0 Å². The Kier molecular flexibility index (Phi) is 4.14. The molecule has 104 valence electrons. The molecular formula is C10H15F3O3SSi. The van der Waals surface area contributed by atoms with Crippen molar-refractivity contribution in [1.29, 1.82) is 0 Å². The van der Waals surface area contributed by atoms with E-state index in [0.29, 0.717) is 0 Å². The van der Waals surface area contributed by atoms with Crippen LogP contribution >= 0.6 is 0 Å². The van der Waals surface area contributed by atoms with Crippen molar-refractivity contribution < 1.29 is 25.5 Å². The minimum atomic E-state index is -5.46. The molecule has 0 fully saturated rings. The molecule has 0 saturated carbocycles. The monoisotopic (exact) mass is 300 g/mol.